The van der Waals surface area contributed by atoms with Crippen LogP contribution < -0.4 is 4.72 Å². The summed E-state index contributed by atoms with van der Waals surface area (Å²) >= 11 is 5.81. The third-order valence-corrected chi connectivity index (χ3v) is 4.56. The van der Waals surface area contributed by atoms with Crippen LogP contribution >= 0.6 is 11.6 Å². The third kappa shape index (κ3) is 3.56. The van der Waals surface area contributed by atoms with E-state index in [-0.39, 0.29) is 10.9 Å². The van der Waals surface area contributed by atoms with Crippen LogP contribution in [0.3, 0.4) is 0 Å². The van der Waals surface area contributed by atoms with Crippen LogP contribution in [0.25, 0.3) is 0 Å². The van der Waals surface area contributed by atoms with E-state index in [9.17, 15) is 8.42 Å². The van der Waals surface area contributed by atoms with Crippen LogP contribution in [0.5, 0.6) is 0 Å². The molecule has 2 rings (SSSR count). The third-order valence-electron chi connectivity index (χ3n) is 2.76. The molecule has 0 aliphatic heterocycles. The van der Waals surface area contributed by atoms with Gasteiger partial charge in [-0.2, -0.15) is 0 Å². The quantitative estimate of drug-likeness (QED) is 0.940. The Hall–Kier alpha value is -1.36. The van der Waals surface area contributed by atoms with E-state index in [4.69, 9.17) is 11.6 Å². The van der Waals surface area contributed by atoms with Gasteiger partial charge in [0.2, 0.25) is 10.0 Å². The Morgan fingerprint density at radius 3 is 2.16 bits per heavy atom. The van der Waals surface area contributed by atoms with Gasteiger partial charge in [0.15, 0.2) is 0 Å². The molecule has 0 amide bonds. The molecule has 2 aromatic carbocycles. The number of hydrogen-bond donors (Lipinski definition) is 1. The Balaban J connectivity index is 2.19. The molecule has 0 aliphatic rings. The largest absolute Gasteiger partial charge is 0.241 e. The van der Waals surface area contributed by atoms with Crippen molar-refractivity contribution in [3.63, 3.8) is 0 Å². The summed E-state index contributed by atoms with van der Waals surface area (Å²) < 4.78 is 26.9. The molecule has 1 unspecified atom stereocenters. The fourth-order valence-electron chi connectivity index (χ4n) is 1.72. The first-order valence-electron chi connectivity index (χ1n) is 5.82. The molecule has 0 aromatic heterocycles. The average Bonchev–Trinajstić information content (AvgIpc) is 2.40. The Bertz CT molecular complexity index is 639. The predicted molar refractivity (Wildman–Crippen MR) is 76.6 cm³/mol. The molecule has 0 radical (unpaired) electrons. The Labute approximate surface area is 118 Å². The van der Waals surface area contributed by atoms with E-state index in [0.717, 1.165) is 5.56 Å². The number of hydrogen-bond acceptors (Lipinski definition) is 2. The van der Waals surface area contributed by atoms with Gasteiger partial charge in [0.25, 0.3) is 0 Å². The summed E-state index contributed by atoms with van der Waals surface area (Å²) in [7, 11) is -3.50. The number of benzene rings is 2. The summed E-state index contributed by atoms with van der Waals surface area (Å²) in [6.07, 6.45) is 0. The monoisotopic (exact) mass is 295 g/mol. The zero-order chi connectivity index (χ0) is 13.9. The predicted octanol–water partition coefficient (Wildman–Crippen LogP) is 3.38. The van der Waals surface area contributed by atoms with E-state index in [1.54, 1.807) is 61.5 Å². The van der Waals surface area contributed by atoms with E-state index in [2.05, 4.69) is 4.72 Å². The molecule has 0 fully saturated rings. The minimum Gasteiger partial charge on any atom is -0.207 e. The molecule has 100 valence electrons. The lowest BCUT2D eigenvalue weighted by atomic mass is 10.1. The van der Waals surface area contributed by atoms with Gasteiger partial charge in [-0.25, -0.2) is 13.1 Å². The minimum absolute atomic E-state index is 0.260. The Morgan fingerprint density at radius 2 is 1.58 bits per heavy atom. The first-order valence-corrected chi connectivity index (χ1v) is 7.68. The summed E-state index contributed by atoms with van der Waals surface area (Å²) in [5.74, 6) is 0. The molecule has 19 heavy (non-hydrogen) atoms. The lowest BCUT2D eigenvalue weighted by molar-refractivity contribution is 0.567. The fourth-order valence-corrected chi connectivity index (χ4v) is 3.10. The number of nitrogens with one attached hydrogen (secondary N) is 1. The number of sulfonamides is 1. The van der Waals surface area contributed by atoms with Crippen molar-refractivity contribution in [3.8, 4) is 0 Å². The summed E-state index contributed by atoms with van der Waals surface area (Å²) in [4.78, 5) is 0.260. The molecular weight excluding hydrogens is 282 g/mol. The highest BCUT2D eigenvalue weighted by Crippen LogP contribution is 2.18. The van der Waals surface area contributed by atoms with Crippen LogP contribution in [0.4, 0.5) is 0 Å². The van der Waals surface area contributed by atoms with Crippen molar-refractivity contribution in [1.82, 2.24) is 4.72 Å². The van der Waals surface area contributed by atoms with Gasteiger partial charge in [0.1, 0.15) is 0 Å². The van der Waals surface area contributed by atoms with Crippen molar-refractivity contribution in [3.05, 3.63) is 65.2 Å². The number of halogens is 1. The molecule has 2 aromatic rings. The van der Waals surface area contributed by atoms with E-state index < -0.39 is 10.0 Å². The molecular formula is C14H14ClNO2S. The Morgan fingerprint density at radius 1 is 1.00 bits per heavy atom. The van der Waals surface area contributed by atoms with E-state index in [1.807, 2.05) is 0 Å². The van der Waals surface area contributed by atoms with Gasteiger partial charge in [-0.05, 0) is 36.8 Å². The summed E-state index contributed by atoms with van der Waals surface area (Å²) in [5, 5.41) is 0.627. The normalized spacial score (nSPS) is 13.2. The number of rotatable bonds is 4. The molecule has 0 spiro atoms. The highest BCUT2D eigenvalue weighted by molar-refractivity contribution is 7.89. The zero-order valence-corrected chi connectivity index (χ0v) is 11.9. The van der Waals surface area contributed by atoms with Gasteiger partial charge >= 0.3 is 0 Å². The maximum absolute atomic E-state index is 12.1. The van der Waals surface area contributed by atoms with Crippen LogP contribution in [0.2, 0.25) is 5.02 Å². The maximum Gasteiger partial charge on any atom is 0.241 e. The smallest absolute Gasteiger partial charge is 0.207 e. The summed E-state index contributed by atoms with van der Waals surface area (Å²) in [6, 6.07) is 15.1. The van der Waals surface area contributed by atoms with E-state index >= 15 is 0 Å². The maximum atomic E-state index is 12.1. The zero-order valence-electron chi connectivity index (χ0n) is 10.4. The minimum atomic E-state index is -3.50. The summed E-state index contributed by atoms with van der Waals surface area (Å²) in [6.45, 7) is 1.80. The highest BCUT2D eigenvalue weighted by atomic mass is 35.5. The first kappa shape index (κ1) is 14.1. The molecule has 0 saturated heterocycles. The SMILES string of the molecule is CC(NS(=O)(=O)c1ccccc1)c1ccc(Cl)cc1. The molecule has 5 heteroatoms. The van der Waals surface area contributed by atoms with Gasteiger partial charge in [0.05, 0.1) is 4.90 Å². The van der Waals surface area contributed by atoms with Crippen LogP contribution in [-0.4, -0.2) is 8.42 Å². The van der Waals surface area contributed by atoms with Crippen LogP contribution in [0, 0.1) is 0 Å². The van der Waals surface area contributed by atoms with Crippen LogP contribution in [0.1, 0.15) is 18.5 Å². The highest BCUT2D eigenvalue weighted by Gasteiger charge is 2.17. The van der Waals surface area contributed by atoms with Crippen molar-refractivity contribution in [1.29, 1.82) is 0 Å². The summed E-state index contributed by atoms with van der Waals surface area (Å²) in [5.41, 5.74) is 0.865. The van der Waals surface area contributed by atoms with Gasteiger partial charge < -0.3 is 0 Å². The second-order valence-electron chi connectivity index (χ2n) is 4.21. The van der Waals surface area contributed by atoms with Gasteiger partial charge in [-0.3, -0.25) is 0 Å². The fraction of sp³-hybridized carbons (Fsp3) is 0.143. The molecule has 0 bridgehead atoms. The van der Waals surface area contributed by atoms with Crippen molar-refractivity contribution in [2.75, 3.05) is 0 Å². The van der Waals surface area contributed by atoms with E-state index in [0.29, 0.717) is 5.02 Å². The van der Waals surface area contributed by atoms with Crippen molar-refractivity contribution in [2.24, 2.45) is 0 Å². The standard InChI is InChI=1S/C14H14ClNO2S/c1-11(12-7-9-13(15)10-8-12)16-19(17,18)14-5-3-2-4-6-14/h2-11,16H,1H3. The van der Waals surface area contributed by atoms with E-state index in [1.165, 1.54) is 0 Å². The van der Waals surface area contributed by atoms with Gasteiger partial charge in [-0.15, -0.1) is 0 Å². The van der Waals surface area contributed by atoms with Crippen molar-refractivity contribution in [2.45, 2.75) is 17.9 Å². The Kier molecular flexibility index (Phi) is 4.24. The van der Waals surface area contributed by atoms with Gasteiger partial charge in [-0.1, -0.05) is 41.9 Å². The lowest BCUT2D eigenvalue weighted by Crippen LogP contribution is -2.26. The van der Waals surface area contributed by atoms with Crippen LogP contribution in [0.15, 0.2) is 59.5 Å². The molecule has 3 nitrogen and oxygen atoms in total. The van der Waals surface area contributed by atoms with Crippen molar-refractivity contribution < 1.29 is 8.42 Å². The molecule has 1 N–H and O–H groups in total. The van der Waals surface area contributed by atoms with Crippen LogP contribution in [-0.2, 0) is 10.0 Å². The first-order chi connectivity index (χ1) is 8.99. The second-order valence-corrected chi connectivity index (χ2v) is 6.36. The van der Waals surface area contributed by atoms with Gasteiger partial charge in [0, 0.05) is 11.1 Å². The lowest BCUT2D eigenvalue weighted by Gasteiger charge is -2.14. The van der Waals surface area contributed by atoms with Crippen molar-refractivity contribution >= 4 is 21.6 Å². The average molecular weight is 296 g/mol. The molecule has 0 saturated carbocycles. The second kappa shape index (κ2) is 5.74. The molecule has 1 atom stereocenters. The topological polar surface area (TPSA) is 46.2 Å². The molecule has 0 heterocycles. The molecule has 0 aliphatic carbocycles.